The van der Waals surface area contributed by atoms with E-state index >= 15 is 0 Å². The molecule has 2 aromatic heterocycles. The van der Waals surface area contributed by atoms with Gasteiger partial charge < -0.3 is 9.67 Å². The van der Waals surface area contributed by atoms with E-state index in [2.05, 4.69) is 12.1 Å². The molecule has 0 fully saturated rings. The van der Waals surface area contributed by atoms with Crippen LogP contribution in [0, 0.1) is 0 Å². The number of benzene rings is 2. The molecule has 0 bridgehead atoms. The normalized spacial score (nSPS) is 11.3. The summed E-state index contributed by atoms with van der Waals surface area (Å²) in [7, 11) is 0. The Kier molecular flexibility index (Phi) is 5.07. The van der Waals surface area contributed by atoms with Gasteiger partial charge in [-0.2, -0.15) is 0 Å². The lowest BCUT2D eigenvalue weighted by molar-refractivity contribution is 0.0697. The zero-order chi connectivity index (χ0) is 20.5. The third-order valence-electron chi connectivity index (χ3n) is 4.95. The highest BCUT2D eigenvalue weighted by Gasteiger charge is 2.11. The molecule has 0 aliphatic rings. The van der Waals surface area contributed by atoms with Crippen molar-refractivity contribution < 1.29 is 9.90 Å². The molecule has 4 rings (SSSR count). The van der Waals surface area contributed by atoms with Crippen LogP contribution in [0.3, 0.4) is 0 Å². The maximum atomic E-state index is 12.0. The molecule has 4 nitrogen and oxygen atoms in total. The summed E-state index contributed by atoms with van der Waals surface area (Å²) in [5.74, 6) is -0.925. The van der Waals surface area contributed by atoms with Crippen molar-refractivity contribution in [2.24, 2.45) is 0 Å². The van der Waals surface area contributed by atoms with E-state index in [4.69, 9.17) is 0 Å². The van der Waals surface area contributed by atoms with Crippen LogP contribution >= 0.6 is 11.3 Å². The molecule has 0 amide bonds. The molecule has 5 heteroatoms. The van der Waals surface area contributed by atoms with Crippen LogP contribution in [-0.2, 0) is 6.42 Å². The molecule has 0 saturated heterocycles. The van der Waals surface area contributed by atoms with Gasteiger partial charge in [-0.3, -0.25) is 4.79 Å². The Balaban J connectivity index is 1.74. The Bertz CT molecular complexity index is 1270. The number of thiophene rings is 1. The molecule has 2 heterocycles. The third kappa shape index (κ3) is 3.87. The smallest absolute Gasteiger partial charge is 0.335 e. The van der Waals surface area contributed by atoms with Gasteiger partial charge in [0.15, 0.2) is 0 Å². The van der Waals surface area contributed by atoms with Gasteiger partial charge in [0.05, 0.1) is 5.56 Å². The molecular weight excluding hydrogens is 382 g/mol. The topological polar surface area (TPSA) is 59.3 Å². The van der Waals surface area contributed by atoms with E-state index in [-0.39, 0.29) is 17.2 Å². The van der Waals surface area contributed by atoms with Gasteiger partial charge in [0, 0.05) is 34.3 Å². The lowest BCUT2D eigenvalue weighted by Crippen LogP contribution is -2.20. The van der Waals surface area contributed by atoms with Crippen LogP contribution in [0.1, 0.15) is 40.7 Å². The van der Waals surface area contributed by atoms with E-state index in [0.29, 0.717) is 0 Å². The van der Waals surface area contributed by atoms with E-state index in [0.717, 1.165) is 33.2 Å². The summed E-state index contributed by atoms with van der Waals surface area (Å²) in [5.41, 5.74) is 3.33. The second kappa shape index (κ2) is 7.68. The number of aromatic carboxylic acids is 1. The van der Waals surface area contributed by atoms with Crippen molar-refractivity contribution in [1.29, 1.82) is 0 Å². The fraction of sp³-hybridized carbons (Fsp3) is 0.167. The number of pyridine rings is 1. The zero-order valence-electron chi connectivity index (χ0n) is 16.3. The zero-order valence-corrected chi connectivity index (χ0v) is 17.1. The first-order valence-electron chi connectivity index (χ1n) is 9.48. The maximum Gasteiger partial charge on any atom is 0.335 e. The summed E-state index contributed by atoms with van der Waals surface area (Å²) in [4.78, 5) is 24.5. The van der Waals surface area contributed by atoms with Crippen LogP contribution in [0.4, 0.5) is 0 Å². The third-order valence-corrected chi connectivity index (χ3v) is 6.13. The van der Waals surface area contributed by atoms with Crippen LogP contribution < -0.4 is 5.56 Å². The van der Waals surface area contributed by atoms with E-state index < -0.39 is 5.97 Å². The summed E-state index contributed by atoms with van der Waals surface area (Å²) in [6.45, 7) is 4.00. The Hall–Kier alpha value is -3.18. The average molecular weight is 404 g/mol. The van der Waals surface area contributed by atoms with E-state index in [9.17, 15) is 14.7 Å². The molecule has 0 aliphatic heterocycles. The molecule has 0 saturated carbocycles. The van der Waals surface area contributed by atoms with Gasteiger partial charge in [0.1, 0.15) is 0 Å². The Morgan fingerprint density at radius 2 is 1.86 bits per heavy atom. The second-order valence-corrected chi connectivity index (χ2v) is 8.51. The number of hydrogen-bond donors (Lipinski definition) is 1. The van der Waals surface area contributed by atoms with E-state index in [1.165, 1.54) is 4.88 Å². The lowest BCUT2D eigenvalue weighted by Gasteiger charge is -2.11. The number of aromatic nitrogens is 1. The van der Waals surface area contributed by atoms with Gasteiger partial charge in [-0.25, -0.2) is 4.79 Å². The van der Waals surface area contributed by atoms with Gasteiger partial charge in [0.2, 0.25) is 0 Å². The van der Waals surface area contributed by atoms with Crippen molar-refractivity contribution in [3.63, 3.8) is 0 Å². The van der Waals surface area contributed by atoms with Crippen LogP contribution in [0.5, 0.6) is 0 Å². The predicted molar refractivity (Wildman–Crippen MR) is 118 cm³/mol. The van der Waals surface area contributed by atoms with E-state index in [1.807, 2.05) is 44.3 Å². The van der Waals surface area contributed by atoms with Gasteiger partial charge in [-0.1, -0.05) is 36.4 Å². The van der Waals surface area contributed by atoms with Crippen LogP contribution in [0.15, 0.2) is 71.7 Å². The summed E-state index contributed by atoms with van der Waals surface area (Å²) in [6, 6.07) is 19.0. The Labute approximate surface area is 172 Å². The SMILES string of the molecule is CC(C)n1cc(Cc2cc3cccc(-c4cccc(C(=O)O)c4)c3s2)ccc1=O. The summed E-state index contributed by atoms with van der Waals surface area (Å²) < 4.78 is 2.90. The lowest BCUT2D eigenvalue weighted by atomic mass is 10.0. The number of carboxylic acid groups (broad SMARTS) is 1. The maximum absolute atomic E-state index is 12.0. The van der Waals surface area contributed by atoms with Gasteiger partial charge in [0.25, 0.3) is 5.56 Å². The highest BCUT2D eigenvalue weighted by atomic mass is 32.1. The van der Waals surface area contributed by atoms with Crippen molar-refractivity contribution in [3.05, 3.63) is 93.2 Å². The van der Waals surface area contributed by atoms with Crippen molar-refractivity contribution in [2.75, 3.05) is 0 Å². The monoisotopic (exact) mass is 403 g/mol. The summed E-state index contributed by atoms with van der Waals surface area (Å²) in [5, 5.41) is 10.4. The summed E-state index contributed by atoms with van der Waals surface area (Å²) in [6.07, 6.45) is 2.69. The van der Waals surface area contributed by atoms with Gasteiger partial charge in [-0.15, -0.1) is 11.3 Å². The summed E-state index contributed by atoms with van der Waals surface area (Å²) >= 11 is 1.71. The average Bonchev–Trinajstić information content (AvgIpc) is 3.11. The minimum atomic E-state index is -0.925. The molecule has 29 heavy (non-hydrogen) atoms. The molecule has 4 aromatic rings. The van der Waals surface area contributed by atoms with Crippen LogP contribution in [-0.4, -0.2) is 15.6 Å². The predicted octanol–water partition coefficient (Wildman–Crippen LogP) is 5.60. The number of fused-ring (bicyclic) bond motifs is 1. The standard InChI is InChI=1S/C24H21NO3S/c1-15(2)25-14-16(9-10-22(25)26)11-20-13-18-6-4-8-21(23(18)29-20)17-5-3-7-19(12-17)24(27)28/h3-10,12-15H,11H2,1-2H3,(H,27,28). The minimum absolute atomic E-state index is 0.0145. The fourth-order valence-corrected chi connectivity index (χ4v) is 4.74. The van der Waals surface area contributed by atoms with Crippen LogP contribution in [0.2, 0.25) is 0 Å². The molecule has 146 valence electrons. The number of hydrogen-bond acceptors (Lipinski definition) is 3. The number of carboxylic acids is 1. The molecule has 0 radical (unpaired) electrons. The molecule has 0 spiro atoms. The second-order valence-electron chi connectivity index (χ2n) is 7.38. The highest BCUT2D eigenvalue weighted by Crippen LogP contribution is 2.36. The van der Waals surface area contributed by atoms with Crippen molar-refractivity contribution in [2.45, 2.75) is 26.3 Å². The number of nitrogens with zero attached hydrogens (tertiary/aromatic N) is 1. The molecule has 0 atom stereocenters. The van der Waals surface area contributed by atoms with Crippen molar-refractivity contribution in [1.82, 2.24) is 4.57 Å². The van der Waals surface area contributed by atoms with Crippen molar-refractivity contribution >= 4 is 27.4 Å². The first-order valence-corrected chi connectivity index (χ1v) is 10.3. The molecule has 1 N–H and O–H groups in total. The quantitative estimate of drug-likeness (QED) is 0.472. The molecular formula is C24H21NO3S. The fourth-order valence-electron chi connectivity index (χ4n) is 3.51. The first-order chi connectivity index (χ1) is 13.9. The minimum Gasteiger partial charge on any atom is -0.478 e. The first kappa shape index (κ1) is 19.2. The van der Waals surface area contributed by atoms with Crippen LogP contribution in [0.25, 0.3) is 21.2 Å². The molecule has 0 unspecified atom stereocenters. The largest absolute Gasteiger partial charge is 0.478 e. The molecule has 2 aromatic carbocycles. The molecule has 0 aliphatic carbocycles. The Morgan fingerprint density at radius 3 is 2.62 bits per heavy atom. The highest BCUT2D eigenvalue weighted by molar-refractivity contribution is 7.19. The van der Waals surface area contributed by atoms with Gasteiger partial charge >= 0.3 is 5.97 Å². The van der Waals surface area contributed by atoms with Crippen molar-refractivity contribution in [3.8, 4) is 11.1 Å². The van der Waals surface area contributed by atoms with E-state index in [1.54, 1.807) is 40.2 Å². The Morgan fingerprint density at radius 1 is 1.07 bits per heavy atom. The number of rotatable bonds is 5. The van der Waals surface area contributed by atoms with Gasteiger partial charge in [-0.05, 0) is 54.1 Å². The number of carbonyl (C=O) groups is 1.